The highest BCUT2D eigenvalue weighted by Gasteiger charge is 2.10. The third-order valence-electron chi connectivity index (χ3n) is 5.23. The molecule has 0 fully saturated rings. The van der Waals surface area contributed by atoms with Gasteiger partial charge in [-0.2, -0.15) is 0 Å². The molecule has 160 valence electrons. The number of aromatic nitrogens is 1. The Morgan fingerprint density at radius 2 is 2.00 bits per heavy atom. The number of nitrogens with zero attached hydrogens (tertiary/aromatic N) is 2. The van der Waals surface area contributed by atoms with Crippen LogP contribution in [-0.4, -0.2) is 43.0 Å². The third-order valence-corrected chi connectivity index (χ3v) is 5.23. The molecule has 1 aromatic heterocycles. The van der Waals surface area contributed by atoms with E-state index >= 15 is 0 Å². The van der Waals surface area contributed by atoms with Crippen molar-refractivity contribution in [3.05, 3.63) is 54.5 Å². The van der Waals surface area contributed by atoms with Gasteiger partial charge in [-0.3, -0.25) is 4.99 Å². The maximum Gasteiger partial charge on any atom is 0.126 e. The number of hydrogen-bond acceptors (Lipinski definition) is 5. The van der Waals surface area contributed by atoms with E-state index in [0.717, 1.165) is 54.7 Å². The highest BCUT2D eigenvalue weighted by Crippen LogP contribution is 2.27. The molecule has 2 heterocycles. The summed E-state index contributed by atoms with van der Waals surface area (Å²) in [4.78, 5) is 8.93. The van der Waals surface area contributed by atoms with Crippen LogP contribution in [-0.2, 0) is 0 Å². The minimum Gasteiger partial charge on any atom is -0.391 e. The molecule has 0 spiro atoms. The van der Waals surface area contributed by atoms with Gasteiger partial charge in [0.25, 0.3) is 0 Å². The number of halogens is 1. The smallest absolute Gasteiger partial charge is 0.126 e. The highest BCUT2D eigenvalue weighted by molar-refractivity contribution is 5.98. The zero-order valence-corrected chi connectivity index (χ0v) is 17.9. The molecule has 5 nitrogen and oxygen atoms in total. The predicted octanol–water partition coefficient (Wildman–Crippen LogP) is 4.68. The van der Waals surface area contributed by atoms with Crippen LogP contribution in [0.3, 0.4) is 0 Å². The van der Waals surface area contributed by atoms with Crippen molar-refractivity contribution in [3.63, 3.8) is 0 Å². The fraction of sp³-hybridized carbons (Fsp3) is 0.417. The Bertz CT molecular complexity index is 919. The van der Waals surface area contributed by atoms with Gasteiger partial charge < -0.3 is 16.0 Å². The van der Waals surface area contributed by atoms with E-state index < -0.39 is 0 Å². The normalized spacial score (nSPS) is 14.8. The first kappa shape index (κ1) is 22.0. The molecule has 0 aliphatic carbocycles. The number of fused-ring (bicyclic) bond motifs is 1. The molecule has 1 aliphatic heterocycles. The lowest BCUT2D eigenvalue weighted by Crippen LogP contribution is -2.34. The van der Waals surface area contributed by atoms with Gasteiger partial charge in [-0.25, -0.2) is 9.37 Å². The minimum absolute atomic E-state index is 0.260. The summed E-state index contributed by atoms with van der Waals surface area (Å²) < 4.78 is 12.6. The number of pyridine rings is 1. The number of aliphatic imine (C=N–C) groups is 1. The number of anilines is 1. The van der Waals surface area contributed by atoms with Crippen LogP contribution in [0.25, 0.3) is 16.3 Å². The number of allylic oxidation sites excluding steroid dienone is 2. The van der Waals surface area contributed by atoms with Crippen molar-refractivity contribution in [2.45, 2.75) is 39.2 Å². The van der Waals surface area contributed by atoms with Gasteiger partial charge in [-0.15, -0.1) is 0 Å². The Balaban J connectivity index is 1.57. The summed E-state index contributed by atoms with van der Waals surface area (Å²) >= 11 is 0. The van der Waals surface area contributed by atoms with Gasteiger partial charge in [-0.05, 0) is 61.5 Å². The summed E-state index contributed by atoms with van der Waals surface area (Å²) in [6.07, 6.45) is 10.5. The Kier molecular flexibility index (Phi) is 8.39. The van der Waals surface area contributed by atoms with Crippen LogP contribution in [0, 0.1) is 0 Å². The van der Waals surface area contributed by atoms with E-state index in [1.54, 1.807) is 0 Å². The van der Waals surface area contributed by atoms with E-state index in [2.05, 4.69) is 57.1 Å². The lowest BCUT2D eigenvalue weighted by atomic mass is 10.0. The molecular weight excluding hydrogens is 377 g/mol. The largest absolute Gasteiger partial charge is 0.391 e. The number of rotatable bonds is 12. The molecule has 3 rings (SSSR count). The van der Waals surface area contributed by atoms with Crippen molar-refractivity contribution < 1.29 is 4.39 Å². The monoisotopic (exact) mass is 409 g/mol. The second-order valence-corrected chi connectivity index (χ2v) is 7.63. The Hall–Kier alpha value is -2.73. The van der Waals surface area contributed by atoms with Crippen LogP contribution in [0.1, 0.15) is 38.7 Å². The molecule has 1 unspecified atom stereocenters. The van der Waals surface area contributed by atoms with Crippen LogP contribution in [0.15, 0.2) is 53.9 Å². The Morgan fingerprint density at radius 1 is 1.13 bits per heavy atom. The summed E-state index contributed by atoms with van der Waals surface area (Å²) in [7, 11) is 0. The molecule has 0 saturated carbocycles. The molecule has 30 heavy (non-hydrogen) atoms. The fourth-order valence-corrected chi connectivity index (χ4v) is 3.61. The SMILES string of the molecule is C/C=C\NCCC(CCNc1cc2cc(C3=CN=C(C)C3)ccc2cn1)NCCF. The van der Waals surface area contributed by atoms with Crippen molar-refractivity contribution in [2.24, 2.45) is 4.99 Å². The molecule has 0 saturated heterocycles. The first-order valence-corrected chi connectivity index (χ1v) is 10.7. The van der Waals surface area contributed by atoms with E-state index in [9.17, 15) is 4.39 Å². The molecule has 2 aromatic rings. The van der Waals surface area contributed by atoms with Gasteiger partial charge in [0.05, 0.1) is 0 Å². The van der Waals surface area contributed by atoms with Crippen molar-refractivity contribution >= 4 is 27.9 Å². The van der Waals surface area contributed by atoms with Gasteiger partial charge in [0.15, 0.2) is 0 Å². The Morgan fingerprint density at radius 3 is 2.77 bits per heavy atom. The molecule has 1 atom stereocenters. The fourth-order valence-electron chi connectivity index (χ4n) is 3.61. The van der Waals surface area contributed by atoms with Gasteiger partial charge in [0, 0.05) is 55.6 Å². The van der Waals surface area contributed by atoms with Gasteiger partial charge >= 0.3 is 0 Å². The summed E-state index contributed by atoms with van der Waals surface area (Å²) in [6, 6.07) is 8.82. The lowest BCUT2D eigenvalue weighted by molar-refractivity contribution is 0.406. The van der Waals surface area contributed by atoms with Crippen molar-refractivity contribution in [2.75, 3.05) is 31.6 Å². The second kappa shape index (κ2) is 11.5. The van der Waals surface area contributed by atoms with Crippen molar-refractivity contribution in [3.8, 4) is 0 Å². The van der Waals surface area contributed by atoms with E-state index in [0.29, 0.717) is 6.54 Å². The summed E-state index contributed by atoms with van der Waals surface area (Å²) in [5.74, 6) is 0.865. The predicted molar refractivity (Wildman–Crippen MR) is 126 cm³/mol. The van der Waals surface area contributed by atoms with E-state index in [1.807, 2.05) is 31.6 Å². The molecule has 1 aliphatic rings. The van der Waals surface area contributed by atoms with E-state index in [-0.39, 0.29) is 12.7 Å². The van der Waals surface area contributed by atoms with Crippen molar-refractivity contribution in [1.29, 1.82) is 0 Å². The highest BCUT2D eigenvalue weighted by atomic mass is 19.1. The zero-order chi connectivity index (χ0) is 21.2. The van der Waals surface area contributed by atoms with Gasteiger partial charge in [0.2, 0.25) is 0 Å². The number of alkyl halides is 1. The average Bonchev–Trinajstić information content (AvgIpc) is 3.20. The number of hydrogen-bond donors (Lipinski definition) is 3. The van der Waals surface area contributed by atoms with Gasteiger partial charge in [-0.1, -0.05) is 18.2 Å². The third kappa shape index (κ3) is 6.39. The van der Waals surface area contributed by atoms with Crippen LogP contribution in [0.4, 0.5) is 10.2 Å². The molecular formula is C24H32FN5. The zero-order valence-electron chi connectivity index (χ0n) is 17.9. The van der Waals surface area contributed by atoms with Crippen LogP contribution < -0.4 is 16.0 Å². The number of nitrogens with one attached hydrogen (secondary N) is 3. The summed E-state index contributed by atoms with van der Waals surface area (Å²) in [5.41, 5.74) is 3.62. The van der Waals surface area contributed by atoms with Crippen LogP contribution in [0.5, 0.6) is 0 Å². The Labute approximate surface area is 178 Å². The minimum atomic E-state index is -0.345. The van der Waals surface area contributed by atoms with E-state index in [1.165, 1.54) is 11.1 Å². The quantitative estimate of drug-likeness (QED) is 0.445. The molecule has 1 aromatic carbocycles. The topological polar surface area (TPSA) is 61.3 Å². The van der Waals surface area contributed by atoms with Crippen LogP contribution >= 0.6 is 0 Å². The molecule has 0 bridgehead atoms. The second-order valence-electron chi connectivity index (χ2n) is 7.63. The van der Waals surface area contributed by atoms with Crippen LogP contribution in [0.2, 0.25) is 0 Å². The molecule has 3 N–H and O–H groups in total. The standard InChI is InChI=1S/C24H32FN5/c1-3-9-26-10-6-23(27-12-8-25)7-11-28-24-15-21-14-19(4-5-20(21)16-30-24)22-13-18(2)29-17-22/h3-5,9,14-17,23,26-27H,6-8,10-13H2,1-2H3,(H,28,30)/b9-3-. The maximum atomic E-state index is 12.6. The molecule has 6 heteroatoms. The number of benzene rings is 1. The summed E-state index contributed by atoms with van der Waals surface area (Å²) in [6.45, 7) is 5.73. The summed E-state index contributed by atoms with van der Waals surface area (Å²) in [5, 5.41) is 12.2. The molecule has 0 amide bonds. The van der Waals surface area contributed by atoms with Crippen molar-refractivity contribution in [1.82, 2.24) is 15.6 Å². The lowest BCUT2D eigenvalue weighted by Gasteiger charge is -2.18. The average molecular weight is 410 g/mol. The maximum absolute atomic E-state index is 12.6. The van der Waals surface area contributed by atoms with E-state index in [4.69, 9.17) is 0 Å². The van der Waals surface area contributed by atoms with Gasteiger partial charge in [0.1, 0.15) is 12.5 Å². The first-order valence-electron chi connectivity index (χ1n) is 10.7. The molecule has 0 radical (unpaired) electrons. The first-order chi connectivity index (χ1) is 14.7.